The standard InChI is InChI=1S/C41H25N3S/c1-4-16-35-30(13-1)31-14-2-5-17-36(31)43(35)28-11-7-9-26(23-28)27-10-8-12-29(24-27)44-37-20-19-33-32-15-3-6-18-39(32)45-41(33)40(37)34-21-22-42-25-38(34)44/h1-25H. The number of hydrogen-bond acceptors (Lipinski definition) is 2. The molecule has 0 aliphatic rings. The number of fused-ring (bicyclic) bond motifs is 10. The maximum atomic E-state index is 4.57. The highest BCUT2D eigenvalue weighted by Gasteiger charge is 2.18. The minimum absolute atomic E-state index is 1.12. The van der Waals surface area contributed by atoms with Gasteiger partial charge in [-0.2, -0.15) is 0 Å². The van der Waals surface area contributed by atoms with E-state index in [9.17, 15) is 0 Å². The summed E-state index contributed by atoms with van der Waals surface area (Å²) in [5.74, 6) is 0. The third kappa shape index (κ3) is 3.54. The molecule has 4 heterocycles. The number of para-hydroxylation sites is 2. The smallest absolute Gasteiger partial charge is 0.0724 e. The monoisotopic (exact) mass is 591 g/mol. The third-order valence-electron chi connectivity index (χ3n) is 9.20. The van der Waals surface area contributed by atoms with Crippen molar-refractivity contribution in [2.24, 2.45) is 0 Å². The normalized spacial score (nSPS) is 12.0. The van der Waals surface area contributed by atoms with Gasteiger partial charge in [-0.1, -0.05) is 84.9 Å². The summed E-state index contributed by atoms with van der Waals surface area (Å²) in [6, 6.07) is 50.6. The molecule has 0 bridgehead atoms. The first-order chi connectivity index (χ1) is 22.3. The molecular weight excluding hydrogens is 567 g/mol. The summed E-state index contributed by atoms with van der Waals surface area (Å²) < 4.78 is 7.41. The van der Waals surface area contributed by atoms with Gasteiger partial charge in [0.1, 0.15) is 0 Å². The zero-order valence-electron chi connectivity index (χ0n) is 24.2. The number of aromatic nitrogens is 3. The van der Waals surface area contributed by atoms with E-state index in [1.165, 1.54) is 69.4 Å². The maximum absolute atomic E-state index is 4.57. The predicted octanol–water partition coefficient (Wildman–Crippen LogP) is 11.3. The molecule has 0 unspecified atom stereocenters. The van der Waals surface area contributed by atoms with Gasteiger partial charge in [-0.25, -0.2) is 0 Å². The molecule has 0 saturated heterocycles. The Morgan fingerprint density at radius 3 is 1.78 bits per heavy atom. The number of benzene rings is 6. The molecule has 45 heavy (non-hydrogen) atoms. The van der Waals surface area contributed by atoms with Gasteiger partial charge in [0.2, 0.25) is 0 Å². The second-order valence-electron chi connectivity index (χ2n) is 11.6. The van der Waals surface area contributed by atoms with Crippen LogP contribution in [0.15, 0.2) is 152 Å². The lowest BCUT2D eigenvalue weighted by atomic mass is 10.0. The van der Waals surface area contributed by atoms with Gasteiger partial charge in [0.15, 0.2) is 0 Å². The molecule has 6 aromatic carbocycles. The van der Waals surface area contributed by atoms with Gasteiger partial charge in [0, 0.05) is 59.3 Å². The van der Waals surface area contributed by atoms with Gasteiger partial charge in [-0.3, -0.25) is 4.98 Å². The van der Waals surface area contributed by atoms with Gasteiger partial charge >= 0.3 is 0 Å². The Labute approximate surface area is 262 Å². The van der Waals surface area contributed by atoms with Crippen molar-refractivity contribution >= 4 is 75.1 Å². The second-order valence-corrected chi connectivity index (χ2v) is 12.7. The number of thiophene rings is 1. The molecule has 0 fully saturated rings. The first kappa shape index (κ1) is 24.7. The zero-order valence-corrected chi connectivity index (χ0v) is 25.0. The summed E-state index contributed by atoms with van der Waals surface area (Å²) in [6.07, 6.45) is 3.92. The van der Waals surface area contributed by atoms with E-state index in [-0.39, 0.29) is 0 Å². The van der Waals surface area contributed by atoms with Crippen molar-refractivity contribution in [3.63, 3.8) is 0 Å². The van der Waals surface area contributed by atoms with Crippen LogP contribution in [-0.4, -0.2) is 14.1 Å². The van der Waals surface area contributed by atoms with E-state index in [4.69, 9.17) is 0 Å². The Morgan fingerprint density at radius 1 is 0.444 bits per heavy atom. The van der Waals surface area contributed by atoms with Crippen LogP contribution >= 0.6 is 11.3 Å². The first-order valence-corrected chi connectivity index (χ1v) is 16.0. The van der Waals surface area contributed by atoms with E-state index in [0.717, 1.165) is 16.9 Å². The Hall–Kier alpha value is -5.71. The van der Waals surface area contributed by atoms with E-state index in [0.29, 0.717) is 0 Å². The van der Waals surface area contributed by atoms with Gasteiger partial charge in [0.05, 0.1) is 28.3 Å². The zero-order chi connectivity index (χ0) is 29.5. The topological polar surface area (TPSA) is 22.8 Å². The first-order valence-electron chi connectivity index (χ1n) is 15.2. The largest absolute Gasteiger partial charge is 0.309 e. The van der Waals surface area contributed by atoms with Crippen LogP contribution in [0.3, 0.4) is 0 Å². The summed E-state index contributed by atoms with van der Waals surface area (Å²) in [7, 11) is 0. The Morgan fingerprint density at radius 2 is 1.07 bits per heavy atom. The quantitative estimate of drug-likeness (QED) is 0.200. The van der Waals surface area contributed by atoms with Crippen LogP contribution in [0.5, 0.6) is 0 Å². The molecule has 3 nitrogen and oxygen atoms in total. The molecule has 10 rings (SSSR count). The van der Waals surface area contributed by atoms with Crippen LogP contribution in [0.2, 0.25) is 0 Å². The average molecular weight is 592 g/mol. The van der Waals surface area contributed by atoms with Crippen LogP contribution < -0.4 is 0 Å². The van der Waals surface area contributed by atoms with Crippen molar-refractivity contribution < 1.29 is 0 Å². The molecule has 0 spiro atoms. The summed E-state index contributed by atoms with van der Waals surface area (Å²) in [4.78, 5) is 4.57. The number of pyridine rings is 1. The van der Waals surface area contributed by atoms with Crippen molar-refractivity contribution in [3.05, 3.63) is 152 Å². The van der Waals surface area contributed by atoms with Gasteiger partial charge in [-0.15, -0.1) is 11.3 Å². The van der Waals surface area contributed by atoms with Crippen molar-refractivity contribution in [3.8, 4) is 22.5 Å². The van der Waals surface area contributed by atoms with Gasteiger partial charge in [0.25, 0.3) is 0 Å². The van der Waals surface area contributed by atoms with E-state index in [2.05, 4.69) is 154 Å². The van der Waals surface area contributed by atoms with Crippen LogP contribution in [-0.2, 0) is 0 Å². The van der Waals surface area contributed by atoms with E-state index < -0.39 is 0 Å². The molecule has 0 saturated carbocycles. The molecule has 0 aliphatic carbocycles. The molecule has 4 heteroatoms. The maximum Gasteiger partial charge on any atom is 0.0724 e. The molecular formula is C41H25N3S. The summed E-state index contributed by atoms with van der Waals surface area (Å²) in [6.45, 7) is 0. The van der Waals surface area contributed by atoms with Crippen molar-refractivity contribution in [2.75, 3.05) is 0 Å². The molecule has 0 N–H and O–H groups in total. The minimum Gasteiger partial charge on any atom is -0.309 e. The Kier molecular flexibility index (Phi) is 5.16. The van der Waals surface area contributed by atoms with Gasteiger partial charge in [-0.05, 0) is 65.7 Å². The van der Waals surface area contributed by atoms with Crippen LogP contribution in [0, 0.1) is 0 Å². The Balaban J connectivity index is 1.18. The third-order valence-corrected chi connectivity index (χ3v) is 10.4. The lowest BCUT2D eigenvalue weighted by Gasteiger charge is -2.12. The molecule has 10 aromatic rings. The fourth-order valence-corrected chi connectivity index (χ4v) is 8.52. The Bertz CT molecular complexity index is 2720. The highest BCUT2D eigenvalue weighted by atomic mass is 32.1. The van der Waals surface area contributed by atoms with E-state index in [1.807, 2.05) is 23.7 Å². The van der Waals surface area contributed by atoms with Crippen molar-refractivity contribution in [1.82, 2.24) is 14.1 Å². The van der Waals surface area contributed by atoms with Gasteiger partial charge < -0.3 is 9.13 Å². The van der Waals surface area contributed by atoms with Crippen LogP contribution in [0.4, 0.5) is 0 Å². The highest BCUT2D eigenvalue weighted by molar-refractivity contribution is 7.26. The predicted molar refractivity (Wildman–Crippen MR) is 191 cm³/mol. The number of hydrogen-bond donors (Lipinski definition) is 0. The fraction of sp³-hybridized carbons (Fsp3) is 0. The molecule has 0 amide bonds. The summed E-state index contributed by atoms with van der Waals surface area (Å²) >= 11 is 1.88. The number of nitrogens with zero attached hydrogens (tertiary/aromatic N) is 3. The fourth-order valence-electron chi connectivity index (χ4n) is 7.26. The van der Waals surface area contributed by atoms with Crippen molar-refractivity contribution in [1.29, 1.82) is 0 Å². The lowest BCUT2D eigenvalue weighted by molar-refractivity contribution is 1.16. The van der Waals surface area contributed by atoms with Crippen molar-refractivity contribution in [2.45, 2.75) is 0 Å². The average Bonchev–Trinajstić information content (AvgIpc) is 3.76. The summed E-state index contributed by atoms with van der Waals surface area (Å²) in [5, 5.41) is 7.70. The molecule has 0 atom stereocenters. The number of rotatable bonds is 3. The molecule has 4 aromatic heterocycles. The lowest BCUT2D eigenvalue weighted by Crippen LogP contribution is -1.96. The van der Waals surface area contributed by atoms with Crippen LogP contribution in [0.25, 0.3) is 86.3 Å². The molecule has 0 aliphatic heterocycles. The van der Waals surface area contributed by atoms with E-state index >= 15 is 0 Å². The highest BCUT2D eigenvalue weighted by Crippen LogP contribution is 2.43. The second kappa shape index (κ2) is 9.39. The summed E-state index contributed by atoms with van der Waals surface area (Å²) in [5.41, 5.74) is 9.40. The SMILES string of the molecule is c1cc(-c2cccc(-n3c4cnccc4c4c5sc6ccccc6c5ccc43)c2)cc(-n2c3ccccc3c3ccccc32)c1. The molecule has 210 valence electrons. The molecule has 0 radical (unpaired) electrons. The van der Waals surface area contributed by atoms with E-state index in [1.54, 1.807) is 0 Å². The van der Waals surface area contributed by atoms with Crippen LogP contribution in [0.1, 0.15) is 0 Å². The minimum atomic E-state index is 1.12.